The molecule has 30 heavy (non-hydrogen) atoms. The molecule has 0 atom stereocenters. The molecule has 6 nitrogen and oxygen atoms in total. The van der Waals surface area contributed by atoms with Gasteiger partial charge in [-0.15, -0.1) is 0 Å². The lowest BCUT2D eigenvalue weighted by Gasteiger charge is -2.14. The average Bonchev–Trinajstić information content (AvgIpc) is 3.29. The highest BCUT2D eigenvalue weighted by Crippen LogP contribution is 2.35. The Labute approximate surface area is 186 Å². The van der Waals surface area contributed by atoms with Crippen molar-refractivity contribution < 1.29 is 14.1 Å². The summed E-state index contributed by atoms with van der Waals surface area (Å²) in [6.07, 6.45) is 1.62. The Bertz CT molecular complexity index is 1190. The summed E-state index contributed by atoms with van der Waals surface area (Å²) in [5, 5.41) is 11.1. The molecule has 1 amide bonds. The number of hydrogen-bond acceptors (Lipinski definition) is 6. The first-order valence-electron chi connectivity index (χ1n) is 8.76. The summed E-state index contributed by atoms with van der Waals surface area (Å²) in [5.41, 5.74) is 1.30. The van der Waals surface area contributed by atoms with Crippen molar-refractivity contribution in [3.05, 3.63) is 92.0 Å². The van der Waals surface area contributed by atoms with Crippen LogP contribution in [-0.2, 0) is 11.3 Å². The lowest BCUT2D eigenvalue weighted by molar-refractivity contribution is -0.384. The van der Waals surface area contributed by atoms with Crippen LogP contribution in [0.5, 0.6) is 0 Å². The van der Waals surface area contributed by atoms with Crippen LogP contribution >= 0.6 is 35.6 Å². The number of nitro benzene ring substituents is 1. The molecule has 2 heterocycles. The second-order valence-corrected chi connectivity index (χ2v) is 8.46. The molecular formula is C21H13ClN2O4S2. The van der Waals surface area contributed by atoms with E-state index in [1.165, 1.54) is 23.9 Å². The molecule has 0 saturated carbocycles. The Morgan fingerprint density at radius 1 is 1.17 bits per heavy atom. The third-order valence-corrected chi connectivity index (χ3v) is 6.08. The fraction of sp³-hybridized carbons (Fsp3) is 0.0476. The monoisotopic (exact) mass is 456 g/mol. The summed E-state index contributed by atoms with van der Waals surface area (Å²) in [6, 6.07) is 17.4. The van der Waals surface area contributed by atoms with Gasteiger partial charge in [-0.3, -0.25) is 19.8 Å². The molecule has 0 bridgehead atoms. The van der Waals surface area contributed by atoms with E-state index in [0.717, 1.165) is 5.56 Å². The molecule has 1 aromatic heterocycles. The maximum Gasteiger partial charge on any atom is 0.288 e. The maximum absolute atomic E-state index is 12.8. The van der Waals surface area contributed by atoms with Crippen LogP contribution in [0.2, 0.25) is 5.02 Å². The molecule has 3 aromatic rings. The fourth-order valence-electron chi connectivity index (χ4n) is 2.92. The standard InChI is InChI=1S/C21H13ClN2O4S2/c22-16-8-6-14(10-17(16)24(26)27)18-9-7-15(28-18)11-19-20(25)23(21(29)30-19)12-13-4-2-1-3-5-13/h1-11H,12H2. The van der Waals surface area contributed by atoms with Crippen LogP contribution in [0.1, 0.15) is 11.3 Å². The van der Waals surface area contributed by atoms with Gasteiger partial charge in [0.1, 0.15) is 20.9 Å². The fourth-order valence-corrected chi connectivity index (χ4v) is 4.34. The van der Waals surface area contributed by atoms with E-state index in [1.807, 2.05) is 30.3 Å². The first-order valence-corrected chi connectivity index (χ1v) is 10.4. The van der Waals surface area contributed by atoms with Crippen LogP contribution in [0, 0.1) is 10.1 Å². The van der Waals surface area contributed by atoms with Crippen LogP contribution < -0.4 is 0 Å². The second kappa shape index (κ2) is 8.43. The molecule has 0 unspecified atom stereocenters. The van der Waals surface area contributed by atoms with Gasteiger partial charge in [0.05, 0.1) is 16.4 Å². The van der Waals surface area contributed by atoms with Crippen molar-refractivity contribution in [1.82, 2.24) is 4.90 Å². The molecule has 1 fully saturated rings. The minimum Gasteiger partial charge on any atom is -0.457 e. The molecule has 1 aliphatic heterocycles. The molecule has 150 valence electrons. The molecular weight excluding hydrogens is 444 g/mol. The van der Waals surface area contributed by atoms with Crippen LogP contribution in [0.15, 0.2) is 70.0 Å². The Kier molecular flexibility index (Phi) is 5.72. The van der Waals surface area contributed by atoms with Crippen molar-refractivity contribution in [1.29, 1.82) is 0 Å². The number of thioether (sulfide) groups is 1. The Balaban J connectivity index is 1.56. The van der Waals surface area contributed by atoms with Gasteiger partial charge in [-0.1, -0.05) is 65.9 Å². The van der Waals surface area contributed by atoms with Gasteiger partial charge in [0.25, 0.3) is 11.6 Å². The van der Waals surface area contributed by atoms with Gasteiger partial charge in [-0.2, -0.15) is 0 Å². The number of furan rings is 1. The van der Waals surface area contributed by atoms with E-state index < -0.39 is 4.92 Å². The van der Waals surface area contributed by atoms with Gasteiger partial charge >= 0.3 is 0 Å². The van der Waals surface area contributed by atoms with Crippen molar-refractivity contribution in [2.24, 2.45) is 0 Å². The number of hydrogen-bond donors (Lipinski definition) is 0. The Hall–Kier alpha value is -2.94. The van der Waals surface area contributed by atoms with Crippen LogP contribution in [-0.4, -0.2) is 20.1 Å². The number of nitrogens with zero attached hydrogens (tertiary/aromatic N) is 2. The van der Waals surface area contributed by atoms with Crippen LogP contribution in [0.4, 0.5) is 5.69 Å². The Morgan fingerprint density at radius 3 is 2.67 bits per heavy atom. The smallest absolute Gasteiger partial charge is 0.288 e. The molecule has 1 aliphatic rings. The summed E-state index contributed by atoms with van der Waals surface area (Å²) < 4.78 is 6.26. The number of halogens is 1. The van der Waals surface area contributed by atoms with Crippen molar-refractivity contribution in [3.8, 4) is 11.3 Å². The zero-order chi connectivity index (χ0) is 21.3. The molecule has 0 radical (unpaired) electrons. The van der Waals surface area contributed by atoms with Crippen molar-refractivity contribution in [2.45, 2.75) is 6.54 Å². The van der Waals surface area contributed by atoms with Crippen LogP contribution in [0.25, 0.3) is 17.4 Å². The van der Waals surface area contributed by atoms with Gasteiger partial charge in [0.2, 0.25) is 0 Å². The summed E-state index contributed by atoms with van der Waals surface area (Å²) in [5.74, 6) is 0.692. The van der Waals surface area contributed by atoms with Gasteiger partial charge < -0.3 is 4.42 Å². The zero-order valence-corrected chi connectivity index (χ0v) is 17.7. The SMILES string of the molecule is O=C1C(=Cc2ccc(-c3ccc(Cl)c([N+](=O)[O-])c3)o2)SC(=S)N1Cc1ccccc1. The molecule has 4 rings (SSSR count). The van der Waals surface area contributed by atoms with Gasteiger partial charge in [-0.05, 0) is 29.8 Å². The van der Waals surface area contributed by atoms with E-state index in [2.05, 4.69) is 0 Å². The third-order valence-electron chi connectivity index (χ3n) is 4.38. The number of carbonyl (C=O) groups excluding carboxylic acids is 1. The largest absolute Gasteiger partial charge is 0.457 e. The third kappa shape index (κ3) is 4.16. The van der Waals surface area contributed by atoms with Gasteiger partial charge in [0, 0.05) is 17.7 Å². The van der Waals surface area contributed by atoms with Gasteiger partial charge in [0.15, 0.2) is 0 Å². The molecule has 1 saturated heterocycles. The summed E-state index contributed by atoms with van der Waals surface area (Å²) in [7, 11) is 0. The highest BCUT2D eigenvalue weighted by Gasteiger charge is 2.32. The molecule has 0 N–H and O–H groups in total. The predicted molar refractivity (Wildman–Crippen MR) is 121 cm³/mol. The number of amides is 1. The predicted octanol–water partition coefficient (Wildman–Crippen LogP) is 5.91. The highest BCUT2D eigenvalue weighted by atomic mass is 35.5. The summed E-state index contributed by atoms with van der Waals surface area (Å²) in [4.78, 5) is 25.3. The normalized spacial score (nSPS) is 15.2. The Morgan fingerprint density at radius 2 is 1.93 bits per heavy atom. The van der Waals surface area contributed by atoms with E-state index in [0.29, 0.717) is 32.9 Å². The quantitative estimate of drug-likeness (QED) is 0.205. The first-order chi connectivity index (χ1) is 14.4. The molecule has 0 spiro atoms. The van der Waals surface area contributed by atoms with Gasteiger partial charge in [-0.25, -0.2) is 0 Å². The van der Waals surface area contributed by atoms with E-state index in [1.54, 1.807) is 29.2 Å². The number of benzene rings is 2. The number of thiocarbonyl (C=S) groups is 1. The topological polar surface area (TPSA) is 76.6 Å². The van der Waals surface area contributed by atoms with E-state index in [9.17, 15) is 14.9 Å². The zero-order valence-electron chi connectivity index (χ0n) is 15.3. The number of rotatable bonds is 5. The second-order valence-electron chi connectivity index (χ2n) is 6.38. The summed E-state index contributed by atoms with van der Waals surface area (Å²) in [6.45, 7) is 0.403. The molecule has 9 heteroatoms. The van der Waals surface area contributed by atoms with Crippen molar-refractivity contribution in [3.63, 3.8) is 0 Å². The molecule has 2 aromatic carbocycles. The summed E-state index contributed by atoms with van der Waals surface area (Å²) >= 11 is 12.4. The molecule has 0 aliphatic carbocycles. The van der Waals surface area contributed by atoms with Crippen molar-refractivity contribution >= 4 is 57.6 Å². The average molecular weight is 457 g/mol. The minimum absolute atomic E-state index is 0.0534. The van der Waals surface area contributed by atoms with E-state index in [-0.39, 0.29) is 16.6 Å². The van der Waals surface area contributed by atoms with Crippen molar-refractivity contribution in [2.75, 3.05) is 0 Å². The van der Waals surface area contributed by atoms with E-state index in [4.69, 9.17) is 28.2 Å². The highest BCUT2D eigenvalue weighted by molar-refractivity contribution is 8.26. The van der Waals surface area contributed by atoms with Crippen LogP contribution in [0.3, 0.4) is 0 Å². The van der Waals surface area contributed by atoms with E-state index >= 15 is 0 Å². The lowest BCUT2D eigenvalue weighted by Crippen LogP contribution is -2.27. The number of carbonyl (C=O) groups is 1. The maximum atomic E-state index is 12.8. The minimum atomic E-state index is -0.548. The first kappa shape index (κ1) is 20.3. The number of nitro groups is 1. The lowest BCUT2D eigenvalue weighted by atomic mass is 10.1.